The summed E-state index contributed by atoms with van der Waals surface area (Å²) in [6, 6.07) is 0. The van der Waals surface area contributed by atoms with Crippen LogP contribution >= 0.6 is 0 Å². The Kier molecular flexibility index (Phi) is 5.35. The Morgan fingerprint density at radius 1 is 1.47 bits per heavy atom. The summed E-state index contributed by atoms with van der Waals surface area (Å²) in [5.41, 5.74) is -0.473. The van der Waals surface area contributed by atoms with E-state index in [1.807, 2.05) is 0 Å². The fourth-order valence-corrected chi connectivity index (χ4v) is 1.90. The molecule has 0 spiro atoms. The minimum atomic E-state index is -0.916. The first kappa shape index (κ1) is 15.5. The van der Waals surface area contributed by atoms with Gasteiger partial charge < -0.3 is 19.1 Å². The van der Waals surface area contributed by atoms with Crippen molar-refractivity contribution in [2.24, 2.45) is 0 Å². The highest BCUT2D eigenvalue weighted by molar-refractivity contribution is 5.88. The summed E-state index contributed by atoms with van der Waals surface area (Å²) < 4.78 is 15.1. The Balaban J connectivity index is 2.92. The van der Waals surface area contributed by atoms with Gasteiger partial charge in [-0.15, -0.1) is 0 Å². The summed E-state index contributed by atoms with van der Waals surface area (Å²) in [6.45, 7) is 6.70. The molecule has 6 nitrogen and oxygen atoms in total. The van der Waals surface area contributed by atoms with Crippen molar-refractivity contribution < 1.29 is 23.8 Å². The first-order valence-corrected chi connectivity index (χ1v) is 6.24. The number of nitrogens with zero attached hydrogens (tertiary/aromatic N) is 1. The molecule has 1 aliphatic heterocycles. The van der Waals surface area contributed by atoms with E-state index < -0.39 is 5.54 Å². The quantitative estimate of drug-likeness (QED) is 0.554. The van der Waals surface area contributed by atoms with Crippen LogP contribution in [0.25, 0.3) is 0 Å². The molecular formula is C13H21NO5. The molecule has 1 saturated heterocycles. The largest absolute Gasteiger partial charge is 0.467 e. The van der Waals surface area contributed by atoms with Gasteiger partial charge in [0, 0.05) is 18.3 Å². The zero-order valence-corrected chi connectivity index (χ0v) is 11.9. The van der Waals surface area contributed by atoms with Gasteiger partial charge in [-0.2, -0.15) is 0 Å². The SMILES string of the molecule is CCOC(=O)/C(C)=C/N1CCOC[C@]1(C)C(=O)OC. The van der Waals surface area contributed by atoms with Gasteiger partial charge in [0.25, 0.3) is 0 Å². The average molecular weight is 271 g/mol. The Morgan fingerprint density at radius 3 is 2.74 bits per heavy atom. The van der Waals surface area contributed by atoms with Crippen LogP contribution < -0.4 is 0 Å². The second-order valence-electron chi connectivity index (χ2n) is 4.54. The first-order chi connectivity index (χ1) is 8.95. The van der Waals surface area contributed by atoms with Gasteiger partial charge in [0.05, 0.1) is 26.9 Å². The van der Waals surface area contributed by atoms with Crippen molar-refractivity contribution in [3.63, 3.8) is 0 Å². The molecule has 0 amide bonds. The van der Waals surface area contributed by atoms with E-state index in [1.54, 1.807) is 31.9 Å². The average Bonchev–Trinajstić information content (AvgIpc) is 2.40. The van der Waals surface area contributed by atoms with Gasteiger partial charge in [0.15, 0.2) is 5.54 Å². The maximum atomic E-state index is 11.9. The molecule has 6 heteroatoms. The third kappa shape index (κ3) is 3.47. The summed E-state index contributed by atoms with van der Waals surface area (Å²) in [7, 11) is 1.34. The van der Waals surface area contributed by atoms with E-state index in [0.29, 0.717) is 25.3 Å². The van der Waals surface area contributed by atoms with E-state index in [2.05, 4.69) is 0 Å². The summed E-state index contributed by atoms with van der Waals surface area (Å²) in [5, 5.41) is 0. The van der Waals surface area contributed by atoms with Crippen molar-refractivity contribution in [1.29, 1.82) is 0 Å². The predicted octanol–water partition coefficient (Wildman–Crippen LogP) is 0.717. The molecule has 0 saturated carbocycles. The van der Waals surface area contributed by atoms with Crippen LogP contribution in [-0.4, -0.2) is 55.9 Å². The van der Waals surface area contributed by atoms with Gasteiger partial charge in [0.2, 0.25) is 0 Å². The molecule has 0 aromatic heterocycles. The Labute approximate surface area is 113 Å². The zero-order chi connectivity index (χ0) is 14.5. The highest BCUT2D eigenvalue weighted by atomic mass is 16.5. The van der Waals surface area contributed by atoms with Crippen LogP contribution in [0.1, 0.15) is 20.8 Å². The number of hydrogen-bond donors (Lipinski definition) is 0. The predicted molar refractivity (Wildman–Crippen MR) is 68.3 cm³/mol. The molecule has 19 heavy (non-hydrogen) atoms. The number of ether oxygens (including phenoxy) is 3. The molecule has 0 aromatic carbocycles. The van der Waals surface area contributed by atoms with Crippen LogP contribution in [0.2, 0.25) is 0 Å². The Bertz CT molecular complexity index is 379. The third-order valence-electron chi connectivity index (χ3n) is 3.07. The molecule has 1 atom stereocenters. The smallest absolute Gasteiger partial charge is 0.335 e. The summed E-state index contributed by atoms with van der Waals surface area (Å²) >= 11 is 0. The van der Waals surface area contributed by atoms with Crippen molar-refractivity contribution in [2.45, 2.75) is 26.3 Å². The lowest BCUT2D eigenvalue weighted by Gasteiger charge is -2.41. The number of carbonyl (C=O) groups is 2. The normalized spacial score (nSPS) is 24.0. The van der Waals surface area contributed by atoms with Crippen LogP contribution in [0, 0.1) is 0 Å². The van der Waals surface area contributed by atoms with Gasteiger partial charge >= 0.3 is 11.9 Å². The van der Waals surface area contributed by atoms with Gasteiger partial charge in [-0.05, 0) is 20.8 Å². The van der Waals surface area contributed by atoms with Gasteiger partial charge in [-0.25, -0.2) is 9.59 Å². The number of esters is 2. The van der Waals surface area contributed by atoms with Crippen LogP contribution in [-0.2, 0) is 23.8 Å². The summed E-state index contributed by atoms with van der Waals surface area (Å²) in [5.74, 6) is -0.777. The highest BCUT2D eigenvalue weighted by Gasteiger charge is 2.42. The number of morpholine rings is 1. The molecule has 0 bridgehead atoms. The van der Waals surface area contributed by atoms with Crippen LogP contribution in [0.4, 0.5) is 0 Å². The van der Waals surface area contributed by atoms with Crippen LogP contribution in [0.3, 0.4) is 0 Å². The van der Waals surface area contributed by atoms with Gasteiger partial charge in [-0.3, -0.25) is 0 Å². The van der Waals surface area contributed by atoms with E-state index in [-0.39, 0.29) is 18.5 Å². The Hall–Kier alpha value is -1.56. The van der Waals surface area contributed by atoms with Crippen LogP contribution in [0.5, 0.6) is 0 Å². The van der Waals surface area contributed by atoms with Gasteiger partial charge in [-0.1, -0.05) is 0 Å². The minimum Gasteiger partial charge on any atom is -0.467 e. The molecule has 1 heterocycles. The van der Waals surface area contributed by atoms with E-state index >= 15 is 0 Å². The van der Waals surface area contributed by atoms with Crippen molar-refractivity contribution in [3.05, 3.63) is 11.8 Å². The fraction of sp³-hybridized carbons (Fsp3) is 0.692. The van der Waals surface area contributed by atoms with E-state index in [4.69, 9.17) is 14.2 Å². The van der Waals surface area contributed by atoms with Crippen molar-refractivity contribution in [2.75, 3.05) is 33.5 Å². The third-order valence-corrected chi connectivity index (χ3v) is 3.07. The van der Waals surface area contributed by atoms with Gasteiger partial charge in [0.1, 0.15) is 0 Å². The molecule has 1 fully saturated rings. The first-order valence-electron chi connectivity index (χ1n) is 6.24. The Morgan fingerprint density at radius 2 is 2.16 bits per heavy atom. The molecule has 0 N–H and O–H groups in total. The number of rotatable bonds is 4. The topological polar surface area (TPSA) is 65.1 Å². The van der Waals surface area contributed by atoms with Crippen molar-refractivity contribution >= 4 is 11.9 Å². The van der Waals surface area contributed by atoms with E-state index in [9.17, 15) is 9.59 Å². The number of hydrogen-bond acceptors (Lipinski definition) is 6. The number of methoxy groups -OCH3 is 1. The number of carbonyl (C=O) groups excluding carboxylic acids is 2. The fourth-order valence-electron chi connectivity index (χ4n) is 1.90. The zero-order valence-electron chi connectivity index (χ0n) is 11.9. The molecule has 108 valence electrons. The molecule has 1 rings (SSSR count). The molecule has 1 aliphatic rings. The maximum Gasteiger partial charge on any atom is 0.335 e. The summed E-state index contributed by atoms with van der Waals surface area (Å²) in [6.07, 6.45) is 1.64. The second-order valence-corrected chi connectivity index (χ2v) is 4.54. The summed E-state index contributed by atoms with van der Waals surface area (Å²) in [4.78, 5) is 25.3. The van der Waals surface area contributed by atoms with E-state index in [1.165, 1.54) is 7.11 Å². The molecule has 0 aromatic rings. The standard InChI is InChI=1S/C13H21NO5/c1-5-19-11(15)10(2)8-14-6-7-18-9-13(14,3)12(16)17-4/h8H,5-7,9H2,1-4H3/b10-8+/t13-/m1/s1. The second kappa shape index (κ2) is 6.56. The molecule has 0 radical (unpaired) electrons. The molecular weight excluding hydrogens is 250 g/mol. The lowest BCUT2D eigenvalue weighted by molar-refractivity contribution is -0.162. The van der Waals surface area contributed by atoms with Crippen LogP contribution in [0.15, 0.2) is 11.8 Å². The minimum absolute atomic E-state index is 0.228. The monoisotopic (exact) mass is 271 g/mol. The van der Waals surface area contributed by atoms with Crippen molar-refractivity contribution in [1.82, 2.24) is 4.90 Å². The lowest BCUT2D eigenvalue weighted by Crippen LogP contribution is -2.58. The highest BCUT2D eigenvalue weighted by Crippen LogP contribution is 2.22. The molecule has 0 unspecified atom stereocenters. The maximum absolute atomic E-state index is 11.9. The lowest BCUT2D eigenvalue weighted by atomic mass is 10.00. The van der Waals surface area contributed by atoms with E-state index in [0.717, 1.165) is 0 Å². The van der Waals surface area contributed by atoms with Crippen molar-refractivity contribution in [3.8, 4) is 0 Å². The molecule has 0 aliphatic carbocycles.